The molecule has 224 valence electrons. The predicted molar refractivity (Wildman–Crippen MR) is 143 cm³/mol. The zero-order chi connectivity index (χ0) is 28.7. The number of carbonyl (C=O) groups excluding carboxylic acids is 2. The fourth-order valence-electron chi connectivity index (χ4n) is 3.61. The standard InChI is InChI=1S/C26H50NO10P/c1-3-5-7-9-10-11-12-13-14-16-18-25(30)35-19-22(28)20-36-38(33,34)37-21-23(26(31)32)27-24(29)17-15-8-6-4-2/h22-23,28H,3-21H2,1-2H3,(H,27,29)(H,31,32)(H,33,34). The van der Waals surface area contributed by atoms with Crippen LogP contribution in [0.2, 0.25) is 0 Å². The van der Waals surface area contributed by atoms with Crippen LogP contribution >= 0.6 is 7.82 Å². The maximum absolute atomic E-state index is 12.0. The molecule has 0 aliphatic heterocycles. The summed E-state index contributed by atoms with van der Waals surface area (Å²) < 4.78 is 26.3. The Balaban J connectivity index is 4.03. The summed E-state index contributed by atoms with van der Waals surface area (Å²) in [6, 6.07) is -1.53. The van der Waals surface area contributed by atoms with Crippen molar-refractivity contribution in [2.75, 3.05) is 19.8 Å². The van der Waals surface area contributed by atoms with Gasteiger partial charge in [0.15, 0.2) is 6.04 Å². The van der Waals surface area contributed by atoms with Crippen LogP contribution in [0.3, 0.4) is 0 Å². The van der Waals surface area contributed by atoms with Crippen LogP contribution in [0.1, 0.15) is 117 Å². The number of phosphoric ester groups is 1. The molecule has 0 aliphatic carbocycles. The molecule has 0 bridgehead atoms. The monoisotopic (exact) mass is 567 g/mol. The van der Waals surface area contributed by atoms with Gasteiger partial charge in [0.2, 0.25) is 5.91 Å². The van der Waals surface area contributed by atoms with Gasteiger partial charge in [-0.25, -0.2) is 9.36 Å². The van der Waals surface area contributed by atoms with Crippen LogP contribution in [-0.2, 0) is 32.7 Å². The van der Waals surface area contributed by atoms with E-state index in [1.807, 2.05) is 6.92 Å². The molecule has 0 aromatic rings. The van der Waals surface area contributed by atoms with E-state index in [-0.39, 0.29) is 12.8 Å². The number of aliphatic hydroxyl groups excluding tert-OH is 1. The lowest BCUT2D eigenvalue weighted by Gasteiger charge is -2.18. The first-order chi connectivity index (χ1) is 18.1. The molecule has 12 heteroatoms. The minimum absolute atomic E-state index is 0.140. The first-order valence-electron chi connectivity index (χ1n) is 14.1. The zero-order valence-electron chi connectivity index (χ0n) is 23.2. The molecule has 0 saturated heterocycles. The molecule has 3 atom stereocenters. The molecular weight excluding hydrogens is 517 g/mol. The van der Waals surface area contributed by atoms with Crippen LogP contribution in [0.5, 0.6) is 0 Å². The van der Waals surface area contributed by atoms with Gasteiger partial charge >= 0.3 is 19.8 Å². The van der Waals surface area contributed by atoms with E-state index in [0.717, 1.165) is 38.5 Å². The van der Waals surface area contributed by atoms with Gasteiger partial charge in [-0.2, -0.15) is 0 Å². The number of esters is 1. The molecular formula is C26H50NO10P. The average molecular weight is 568 g/mol. The Kier molecular flexibility index (Phi) is 22.4. The first-order valence-corrected chi connectivity index (χ1v) is 15.6. The van der Waals surface area contributed by atoms with E-state index in [9.17, 15) is 34.1 Å². The van der Waals surface area contributed by atoms with E-state index >= 15 is 0 Å². The quantitative estimate of drug-likeness (QED) is 0.0642. The van der Waals surface area contributed by atoms with Gasteiger partial charge < -0.3 is 25.2 Å². The fourth-order valence-corrected chi connectivity index (χ4v) is 4.38. The minimum atomic E-state index is -4.72. The molecule has 0 saturated carbocycles. The molecule has 3 unspecified atom stereocenters. The van der Waals surface area contributed by atoms with Crippen molar-refractivity contribution in [1.29, 1.82) is 0 Å². The Morgan fingerprint density at radius 3 is 1.76 bits per heavy atom. The van der Waals surface area contributed by atoms with Crippen LogP contribution in [-0.4, -0.2) is 64.9 Å². The summed E-state index contributed by atoms with van der Waals surface area (Å²) in [5, 5.41) is 21.3. The number of unbranched alkanes of at least 4 members (excludes halogenated alkanes) is 12. The molecule has 11 nitrogen and oxygen atoms in total. The smallest absolute Gasteiger partial charge is 0.472 e. The van der Waals surface area contributed by atoms with Crippen molar-refractivity contribution in [3.63, 3.8) is 0 Å². The van der Waals surface area contributed by atoms with Crippen LogP contribution in [0, 0.1) is 0 Å². The second kappa shape index (κ2) is 23.4. The fraction of sp³-hybridized carbons (Fsp3) is 0.885. The number of phosphoric acid groups is 1. The van der Waals surface area contributed by atoms with Crippen molar-refractivity contribution < 1.29 is 47.8 Å². The van der Waals surface area contributed by atoms with Gasteiger partial charge in [0.25, 0.3) is 0 Å². The summed E-state index contributed by atoms with van der Waals surface area (Å²) in [5.41, 5.74) is 0. The van der Waals surface area contributed by atoms with E-state index < -0.39 is 57.6 Å². The molecule has 38 heavy (non-hydrogen) atoms. The summed E-state index contributed by atoms with van der Waals surface area (Å²) in [4.78, 5) is 44.8. The van der Waals surface area contributed by atoms with E-state index in [1.54, 1.807) is 0 Å². The molecule has 0 aliphatic rings. The van der Waals surface area contributed by atoms with Gasteiger partial charge in [0, 0.05) is 12.8 Å². The number of aliphatic carboxylic acids is 1. The van der Waals surface area contributed by atoms with Gasteiger partial charge in [-0.05, 0) is 12.8 Å². The average Bonchev–Trinajstić information content (AvgIpc) is 2.87. The Morgan fingerprint density at radius 2 is 1.21 bits per heavy atom. The SMILES string of the molecule is CCCCCCCCCCCCC(=O)OCC(O)COP(=O)(O)OCC(NC(=O)CCCCCC)C(=O)O. The summed E-state index contributed by atoms with van der Waals surface area (Å²) in [5.74, 6) is -2.40. The number of hydrogen-bond acceptors (Lipinski definition) is 8. The van der Waals surface area contributed by atoms with Crippen molar-refractivity contribution in [3.05, 3.63) is 0 Å². The maximum Gasteiger partial charge on any atom is 0.472 e. The third kappa shape index (κ3) is 22.5. The molecule has 0 heterocycles. The molecule has 0 aromatic carbocycles. The largest absolute Gasteiger partial charge is 0.480 e. The van der Waals surface area contributed by atoms with Gasteiger partial charge in [-0.3, -0.25) is 18.6 Å². The lowest BCUT2D eigenvalue weighted by atomic mass is 10.1. The van der Waals surface area contributed by atoms with Crippen LogP contribution < -0.4 is 5.32 Å². The minimum Gasteiger partial charge on any atom is -0.480 e. The summed E-state index contributed by atoms with van der Waals surface area (Å²) in [6.07, 6.45) is 13.8. The third-order valence-corrected chi connectivity index (χ3v) is 6.85. The summed E-state index contributed by atoms with van der Waals surface area (Å²) in [6.45, 7) is 2.35. The number of carboxylic acid groups (broad SMARTS) is 1. The van der Waals surface area contributed by atoms with Gasteiger partial charge in [-0.1, -0.05) is 90.9 Å². The number of rotatable bonds is 26. The van der Waals surface area contributed by atoms with Gasteiger partial charge in [-0.15, -0.1) is 0 Å². The topological polar surface area (TPSA) is 169 Å². The highest BCUT2D eigenvalue weighted by Gasteiger charge is 2.28. The second-order valence-corrected chi connectivity index (χ2v) is 11.1. The molecule has 0 radical (unpaired) electrons. The predicted octanol–water partition coefficient (Wildman–Crippen LogP) is 4.87. The lowest BCUT2D eigenvalue weighted by molar-refractivity contribution is -0.147. The van der Waals surface area contributed by atoms with Gasteiger partial charge in [0.1, 0.15) is 12.7 Å². The second-order valence-electron chi connectivity index (χ2n) is 9.60. The number of ether oxygens (including phenoxy) is 1. The molecule has 0 spiro atoms. The molecule has 0 aromatic heterocycles. The van der Waals surface area contributed by atoms with Crippen molar-refractivity contribution in [1.82, 2.24) is 5.32 Å². The highest BCUT2D eigenvalue weighted by atomic mass is 31.2. The highest BCUT2D eigenvalue weighted by molar-refractivity contribution is 7.47. The van der Waals surface area contributed by atoms with Gasteiger partial charge in [0.05, 0.1) is 13.2 Å². The van der Waals surface area contributed by atoms with Crippen LogP contribution in [0.25, 0.3) is 0 Å². The third-order valence-electron chi connectivity index (χ3n) is 5.90. The number of amides is 1. The first kappa shape index (κ1) is 36.5. The Morgan fingerprint density at radius 1 is 0.737 bits per heavy atom. The normalized spacial score (nSPS) is 14.4. The van der Waals surface area contributed by atoms with Crippen molar-refractivity contribution in [2.24, 2.45) is 0 Å². The van der Waals surface area contributed by atoms with Crippen molar-refractivity contribution >= 4 is 25.7 Å². The number of nitrogens with one attached hydrogen (secondary N) is 1. The highest BCUT2D eigenvalue weighted by Crippen LogP contribution is 2.43. The summed E-state index contributed by atoms with van der Waals surface area (Å²) >= 11 is 0. The van der Waals surface area contributed by atoms with Crippen LogP contribution in [0.4, 0.5) is 0 Å². The molecule has 0 rings (SSSR count). The van der Waals surface area contributed by atoms with E-state index in [4.69, 9.17) is 4.74 Å². The maximum atomic E-state index is 12.0. The molecule has 1 amide bonds. The van der Waals surface area contributed by atoms with E-state index in [0.29, 0.717) is 12.8 Å². The van der Waals surface area contributed by atoms with E-state index in [2.05, 4.69) is 21.3 Å². The van der Waals surface area contributed by atoms with Crippen molar-refractivity contribution in [3.8, 4) is 0 Å². The number of carbonyl (C=O) groups is 3. The molecule has 0 fully saturated rings. The summed E-state index contributed by atoms with van der Waals surface area (Å²) in [7, 11) is -4.72. The number of hydrogen-bond donors (Lipinski definition) is 4. The Hall–Kier alpha value is -1.52. The zero-order valence-corrected chi connectivity index (χ0v) is 24.1. The number of carboxylic acids is 1. The van der Waals surface area contributed by atoms with Crippen LogP contribution in [0.15, 0.2) is 0 Å². The molecule has 4 N–H and O–H groups in total. The Labute approximate surface area is 227 Å². The van der Waals surface area contributed by atoms with Crippen molar-refractivity contribution in [2.45, 2.75) is 129 Å². The number of aliphatic hydroxyl groups is 1. The lowest BCUT2D eigenvalue weighted by Crippen LogP contribution is -2.43. The Bertz CT molecular complexity index is 691. The van der Waals surface area contributed by atoms with E-state index in [1.165, 1.54) is 38.5 Å².